The summed E-state index contributed by atoms with van der Waals surface area (Å²) in [6.45, 7) is 3.00. The maximum absolute atomic E-state index is 5.91. The largest absolute Gasteiger partial charge is 0.473 e. The van der Waals surface area contributed by atoms with Gasteiger partial charge in [-0.3, -0.25) is 4.98 Å². The molecule has 4 heteroatoms. The first-order chi connectivity index (χ1) is 8.29. The number of rotatable bonds is 4. The van der Waals surface area contributed by atoms with Gasteiger partial charge in [0.2, 0.25) is 5.88 Å². The third kappa shape index (κ3) is 3.40. The van der Waals surface area contributed by atoms with Crippen LogP contribution in [0.4, 0.5) is 0 Å². The first kappa shape index (κ1) is 12.3. The fraction of sp³-hybridized carbons (Fsp3) is 0.692. The summed E-state index contributed by atoms with van der Waals surface area (Å²) in [6.07, 6.45) is 8.81. The van der Waals surface area contributed by atoms with Gasteiger partial charge in [-0.15, -0.1) is 0 Å². The Hall–Kier alpha value is -1.16. The van der Waals surface area contributed by atoms with Crippen LogP contribution in [0.15, 0.2) is 12.4 Å². The van der Waals surface area contributed by atoms with Gasteiger partial charge in [-0.25, -0.2) is 4.98 Å². The molecule has 2 rings (SSSR count). The second kappa shape index (κ2) is 5.96. The molecule has 1 aliphatic carbocycles. The molecule has 94 valence electrons. The van der Waals surface area contributed by atoms with Crippen LogP contribution in [0.2, 0.25) is 0 Å². The molecule has 0 radical (unpaired) electrons. The normalized spacial score (nSPS) is 24.6. The molecule has 0 spiro atoms. The Labute approximate surface area is 103 Å². The summed E-state index contributed by atoms with van der Waals surface area (Å²) in [5.41, 5.74) is 0.941. The van der Waals surface area contributed by atoms with Gasteiger partial charge in [0.1, 0.15) is 6.10 Å². The molecule has 0 saturated heterocycles. The summed E-state index contributed by atoms with van der Waals surface area (Å²) >= 11 is 0. The lowest BCUT2D eigenvalue weighted by molar-refractivity contribution is 0.0970. The standard InChI is InChI=1S/C13H21N3O/c1-10-5-3-4-6-12(10)17-13-9-15-11(7-14-2)8-16-13/h8-10,12,14H,3-7H2,1-2H3. The van der Waals surface area contributed by atoms with Gasteiger partial charge in [-0.05, 0) is 32.2 Å². The van der Waals surface area contributed by atoms with E-state index in [9.17, 15) is 0 Å². The van der Waals surface area contributed by atoms with Crippen molar-refractivity contribution in [2.24, 2.45) is 5.92 Å². The Balaban J connectivity index is 1.93. The SMILES string of the molecule is CNCc1cnc(OC2CCCCC2C)cn1. The molecule has 1 aromatic heterocycles. The van der Waals surface area contributed by atoms with Gasteiger partial charge >= 0.3 is 0 Å². The number of hydrogen-bond donors (Lipinski definition) is 1. The van der Waals surface area contributed by atoms with Crippen LogP contribution in [0.3, 0.4) is 0 Å². The molecule has 0 aromatic carbocycles. The molecule has 1 aromatic rings. The highest BCUT2D eigenvalue weighted by atomic mass is 16.5. The summed E-state index contributed by atoms with van der Waals surface area (Å²) in [5.74, 6) is 1.28. The van der Waals surface area contributed by atoms with E-state index in [2.05, 4.69) is 22.2 Å². The van der Waals surface area contributed by atoms with Crippen molar-refractivity contribution in [2.45, 2.75) is 45.3 Å². The fourth-order valence-corrected chi connectivity index (χ4v) is 2.29. The third-order valence-corrected chi connectivity index (χ3v) is 3.34. The van der Waals surface area contributed by atoms with Crippen molar-refractivity contribution in [3.8, 4) is 5.88 Å². The Kier molecular flexibility index (Phi) is 4.31. The number of nitrogens with zero attached hydrogens (tertiary/aromatic N) is 2. The zero-order valence-electron chi connectivity index (χ0n) is 10.6. The van der Waals surface area contributed by atoms with Crippen LogP contribution in [0.1, 0.15) is 38.3 Å². The maximum Gasteiger partial charge on any atom is 0.232 e. The average Bonchev–Trinajstić information content (AvgIpc) is 2.35. The topological polar surface area (TPSA) is 47.0 Å². The lowest BCUT2D eigenvalue weighted by Gasteiger charge is -2.28. The van der Waals surface area contributed by atoms with E-state index < -0.39 is 0 Å². The van der Waals surface area contributed by atoms with Gasteiger partial charge in [0, 0.05) is 6.54 Å². The second-order valence-corrected chi connectivity index (χ2v) is 4.79. The van der Waals surface area contributed by atoms with E-state index >= 15 is 0 Å². The summed E-state index contributed by atoms with van der Waals surface area (Å²) in [4.78, 5) is 8.61. The molecule has 1 N–H and O–H groups in total. The van der Waals surface area contributed by atoms with Gasteiger partial charge in [-0.1, -0.05) is 13.3 Å². The lowest BCUT2D eigenvalue weighted by atomic mass is 9.88. The van der Waals surface area contributed by atoms with Crippen molar-refractivity contribution in [3.05, 3.63) is 18.1 Å². The summed E-state index contributed by atoms with van der Waals surface area (Å²) in [5, 5.41) is 3.05. The van der Waals surface area contributed by atoms with Gasteiger partial charge in [0.15, 0.2) is 0 Å². The van der Waals surface area contributed by atoms with Gasteiger partial charge in [-0.2, -0.15) is 0 Å². The minimum absolute atomic E-state index is 0.313. The highest BCUT2D eigenvalue weighted by Crippen LogP contribution is 2.26. The molecule has 0 amide bonds. The smallest absolute Gasteiger partial charge is 0.232 e. The molecular weight excluding hydrogens is 214 g/mol. The molecule has 2 atom stereocenters. The van der Waals surface area contributed by atoms with Gasteiger partial charge in [0.25, 0.3) is 0 Å². The summed E-state index contributed by atoms with van der Waals surface area (Å²) in [7, 11) is 1.90. The van der Waals surface area contributed by atoms with Crippen LogP contribution < -0.4 is 10.1 Å². The van der Waals surface area contributed by atoms with E-state index in [1.807, 2.05) is 7.05 Å². The quantitative estimate of drug-likeness (QED) is 0.868. The van der Waals surface area contributed by atoms with Crippen molar-refractivity contribution in [1.29, 1.82) is 0 Å². The van der Waals surface area contributed by atoms with Crippen LogP contribution in [-0.4, -0.2) is 23.1 Å². The van der Waals surface area contributed by atoms with Crippen molar-refractivity contribution in [2.75, 3.05) is 7.05 Å². The second-order valence-electron chi connectivity index (χ2n) is 4.79. The highest BCUT2D eigenvalue weighted by molar-refractivity contribution is 5.07. The number of aromatic nitrogens is 2. The number of ether oxygens (including phenoxy) is 1. The monoisotopic (exact) mass is 235 g/mol. The zero-order valence-corrected chi connectivity index (χ0v) is 10.6. The van der Waals surface area contributed by atoms with Crippen molar-refractivity contribution >= 4 is 0 Å². The lowest BCUT2D eigenvalue weighted by Crippen LogP contribution is -2.28. The predicted molar refractivity (Wildman–Crippen MR) is 66.8 cm³/mol. The maximum atomic E-state index is 5.91. The van der Waals surface area contributed by atoms with E-state index in [4.69, 9.17) is 4.74 Å². The minimum atomic E-state index is 0.313. The molecule has 1 heterocycles. The molecule has 0 bridgehead atoms. The van der Waals surface area contributed by atoms with Crippen molar-refractivity contribution in [3.63, 3.8) is 0 Å². The molecule has 1 aliphatic rings. The summed E-state index contributed by atoms with van der Waals surface area (Å²) < 4.78 is 5.91. The van der Waals surface area contributed by atoms with Crippen LogP contribution in [0.5, 0.6) is 5.88 Å². The predicted octanol–water partition coefficient (Wildman–Crippen LogP) is 2.15. The summed E-state index contributed by atoms with van der Waals surface area (Å²) in [6, 6.07) is 0. The van der Waals surface area contributed by atoms with E-state index in [0.29, 0.717) is 17.9 Å². The molecule has 17 heavy (non-hydrogen) atoms. The van der Waals surface area contributed by atoms with Crippen molar-refractivity contribution in [1.82, 2.24) is 15.3 Å². The fourth-order valence-electron chi connectivity index (χ4n) is 2.29. The van der Waals surface area contributed by atoms with Crippen LogP contribution in [0.25, 0.3) is 0 Å². The third-order valence-electron chi connectivity index (χ3n) is 3.34. The van der Waals surface area contributed by atoms with E-state index in [1.54, 1.807) is 12.4 Å². The van der Waals surface area contributed by atoms with E-state index in [1.165, 1.54) is 19.3 Å². The van der Waals surface area contributed by atoms with Crippen LogP contribution >= 0.6 is 0 Å². The van der Waals surface area contributed by atoms with Gasteiger partial charge in [0.05, 0.1) is 18.1 Å². The Bertz CT molecular complexity index is 339. The minimum Gasteiger partial charge on any atom is -0.473 e. The van der Waals surface area contributed by atoms with Crippen LogP contribution in [0, 0.1) is 5.92 Å². The van der Waals surface area contributed by atoms with E-state index in [-0.39, 0.29) is 0 Å². The number of hydrogen-bond acceptors (Lipinski definition) is 4. The Morgan fingerprint density at radius 3 is 2.76 bits per heavy atom. The molecule has 1 saturated carbocycles. The van der Waals surface area contributed by atoms with E-state index in [0.717, 1.165) is 18.7 Å². The molecule has 4 nitrogen and oxygen atoms in total. The molecular formula is C13H21N3O. The average molecular weight is 235 g/mol. The first-order valence-corrected chi connectivity index (χ1v) is 6.42. The first-order valence-electron chi connectivity index (χ1n) is 6.42. The van der Waals surface area contributed by atoms with Crippen LogP contribution in [-0.2, 0) is 6.54 Å². The molecule has 0 aliphatic heterocycles. The van der Waals surface area contributed by atoms with Gasteiger partial charge < -0.3 is 10.1 Å². The Morgan fingerprint density at radius 1 is 1.29 bits per heavy atom. The zero-order chi connectivity index (χ0) is 12.1. The molecule has 2 unspecified atom stereocenters. The Morgan fingerprint density at radius 2 is 2.12 bits per heavy atom. The molecule has 1 fully saturated rings. The number of nitrogens with one attached hydrogen (secondary N) is 1. The highest BCUT2D eigenvalue weighted by Gasteiger charge is 2.23. The van der Waals surface area contributed by atoms with Crippen molar-refractivity contribution < 1.29 is 4.74 Å².